The van der Waals surface area contributed by atoms with Crippen molar-refractivity contribution in [2.45, 2.75) is 63.5 Å². The van der Waals surface area contributed by atoms with Gasteiger partial charge in [0.15, 0.2) is 0 Å². The molecule has 3 atom stereocenters. The minimum absolute atomic E-state index is 0.0620. The molecule has 2 aliphatic rings. The molecular weight excluding hydrogens is 428 g/mol. The first kappa shape index (κ1) is 24.6. The predicted octanol–water partition coefficient (Wildman–Crippen LogP) is 2.48. The zero-order valence-electron chi connectivity index (χ0n) is 19.4. The molecule has 1 heterocycles. The van der Waals surface area contributed by atoms with Crippen LogP contribution in [0.4, 0.5) is 0 Å². The number of ether oxygens (including phenoxy) is 1. The van der Waals surface area contributed by atoms with Crippen LogP contribution in [0.3, 0.4) is 0 Å². The Kier molecular flexibility index (Phi) is 7.86. The van der Waals surface area contributed by atoms with Crippen molar-refractivity contribution in [3.63, 3.8) is 0 Å². The molecule has 0 bridgehead atoms. The first-order chi connectivity index (χ1) is 15.2. The fourth-order valence-corrected chi connectivity index (χ4v) is 5.64. The van der Waals surface area contributed by atoms with Gasteiger partial charge in [-0.15, -0.1) is 0 Å². The highest BCUT2D eigenvalue weighted by molar-refractivity contribution is 7.89. The summed E-state index contributed by atoms with van der Waals surface area (Å²) in [6, 6.07) is 4.31. The Morgan fingerprint density at radius 1 is 1.38 bits per heavy atom. The standard InChI is InChI=1S/C24H34N2O5S/c1-5-6-7-8-19-9-12-23-21(13-19)31-22(15-25(4)24(28)20-10-11-20)17(2)14-26(18(3)16-27)32(23,29)30/h9,12-13,17-18,20,22,27H,5-6,10-11,14-16H2,1-4H3/t17-,18-,22-/m0/s1. The second kappa shape index (κ2) is 10.2. The lowest BCUT2D eigenvalue weighted by Crippen LogP contribution is -2.50. The molecule has 1 saturated carbocycles. The van der Waals surface area contributed by atoms with Gasteiger partial charge in [-0.2, -0.15) is 4.31 Å². The monoisotopic (exact) mass is 462 g/mol. The van der Waals surface area contributed by atoms with Gasteiger partial charge < -0.3 is 14.7 Å². The summed E-state index contributed by atoms with van der Waals surface area (Å²) in [5.41, 5.74) is 0.684. The molecule has 1 fully saturated rings. The van der Waals surface area contributed by atoms with Crippen LogP contribution in [0.1, 0.15) is 52.0 Å². The van der Waals surface area contributed by atoms with Gasteiger partial charge in [0, 0.05) is 43.5 Å². The van der Waals surface area contributed by atoms with Crippen molar-refractivity contribution >= 4 is 15.9 Å². The SMILES string of the molecule is CCCC#Cc1ccc2c(c1)O[C@@H](CN(C)C(=O)C1CC1)[C@@H](C)CN([C@@H](C)CO)S2(=O)=O. The van der Waals surface area contributed by atoms with Gasteiger partial charge in [-0.1, -0.05) is 25.7 Å². The van der Waals surface area contributed by atoms with Gasteiger partial charge in [0.05, 0.1) is 13.2 Å². The number of amides is 1. The lowest BCUT2D eigenvalue weighted by atomic mass is 10.0. The van der Waals surface area contributed by atoms with E-state index in [9.17, 15) is 18.3 Å². The van der Waals surface area contributed by atoms with E-state index in [4.69, 9.17) is 4.74 Å². The van der Waals surface area contributed by atoms with Crippen LogP contribution < -0.4 is 4.74 Å². The van der Waals surface area contributed by atoms with Crippen molar-refractivity contribution in [1.29, 1.82) is 0 Å². The molecule has 3 rings (SSSR count). The maximum absolute atomic E-state index is 13.5. The van der Waals surface area contributed by atoms with Gasteiger partial charge in [-0.25, -0.2) is 8.42 Å². The summed E-state index contributed by atoms with van der Waals surface area (Å²) < 4.78 is 34.6. The lowest BCUT2D eigenvalue weighted by Gasteiger charge is -2.37. The van der Waals surface area contributed by atoms with E-state index >= 15 is 0 Å². The summed E-state index contributed by atoms with van der Waals surface area (Å²) in [6.07, 6.45) is 3.15. The Morgan fingerprint density at radius 3 is 2.72 bits per heavy atom. The Morgan fingerprint density at radius 2 is 2.09 bits per heavy atom. The highest BCUT2D eigenvalue weighted by Crippen LogP contribution is 2.35. The van der Waals surface area contributed by atoms with Crippen molar-refractivity contribution in [3.8, 4) is 17.6 Å². The third-order valence-corrected chi connectivity index (χ3v) is 8.05. The number of nitrogens with zero attached hydrogens (tertiary/aromatic N) is 2. The van der Waals surface area contributed by atoms with Crippen molar-refractivity contribution < 1.29 is 23.1 Å². The van der Waals surface area contributed by atoms with Crippen molar-refractivity contribution in [1.82, 2.24) is 9.21 Å². The number of aliphatic hydroxyl groups is 1. The minimum Gasteiger partial charge on any atom is -0.487 e. The van der Waals surface area contributed by atoms with Crippen molar-refractivity contribution in [3.05, 3.63) is 23.8 Å². The summed E-state index contributed by atoms with van der Waals surface area (Å²) >= 11 is 0. The molecule has 1 N–H and O–H groups in total. The summed E-state index contributed by atoms with van der Waals surface area (Å²) in [7, 11) is -2.11. The zero-order chi connectivity index (χ0) is 23.5. The Labute approximate surface area is 191 Å². The smallest absolute Gasteiger partial charge is 0.247 e. The van der Waals surface area contributed by atoms with Gasteiger partial charge in [0.2, 0.25) is 15.9 Å². The molecule has 32 heavy (non-hydrogen) atoms. The Balaban J connectivity index is 2.01. The number of benzene rings is 1. The normalized spacial score (nSPS) is 23.5. The van der Waals surface area contributed by atoms with E-state index in [1.165, 1.54) is 10.4 Å². The number of carbonyl (C=O) groups is 1. The number of unbranched alkanes of at least 4 members (excludes halogenated alkanes) is 1. The molecule has 0 aromatic heterocycles. The largest absolute Gasteiger partial charge is 0.487 e. The summed E-state index contributed by atoms with van der Waals surface area (Å²) in [5, 5.41) is 9.72. The molecule has 1 aromatic rings. The predicted molar refractivity (Wildman–Crippen MR) is 123 cm³/mol. The zero-order valence-corrected chi connectivity index (χ0v) is 20.2. The number of hydrogen-bond acceptors (Lipinski definition) is 5. The minimum atomic E-state index is -3.88. The molecule has 1 aromatic carbocycles. The molecule has 1 amide bonds. The second-order valence-electron chi connectivity index (χ2n) is 8.95. The molecule has 176 valence electrons. The van der Waals surface area contributed by atoms with Gasteiger partial charge in [-0.05, 0) is 44.4 Å². The maximum Gasteiger partial charge on any atom is 0.247 e. The van der Waals surface area contributed by atoms with Crippen LogP contribution in [0.15, 0.2) is 23.1 Å². The van der Waals surface area contributed by atoms with E-state index in [1.807, 2.05) is 13.8 Å². The molecule has 0 radical (unpaired) electrons. The fraction of sp³-hybridized carbons (Fsp3) is 0.625. The summed E-state index contributed by atoms with van der Waals surface area (Å²) in [4.78, 5) is 14.3. The molecule has 1 aliphatic heterocycles. The van der Waals surface area contributed by atoms with Crippen molar-refractivity contribution in [2.24, 2.45) is 11.8 Å². The molecule has 0 saturated heterocycles. The van der Waals surface area contributed by atoms with Crippen LogP contribution in [-0.2, 0) is 14.8 Å². The number of carbonyl (C=O) groups excluding carboxylic acids is 1. The number of rotatable bonds is 6. The van der Waals surface area contributed by atoms with E-state index in [-0.39, 0.29) is 41.5 Å². The third-order valence-electron chi connectivity index (χ3n) is 6.03. The lowest BCUT2D eigenvalue weighted by molar-refractivity contribution is -0.132. The van der Waals surface area contributed by atoms with Crippen LogP contribution >= 0.6 is 0 Å². The van der Waals surface area contributed by atoms with E-state index < -0.39 is 22.2 Å². The summed E-state index contributed by atoms with van der Waals surface area (Å²) in [5.74, 6) is 6.40. The van der Waals surface area contributed by atoms with Crippen LogP contribution in [0.25, 0.3) is 0 Å². The van der Waals surface area contributed by atoms with Gasteiger partial charge in [0.1, 0.15) is 16.7 Å². The highest BCUT2D eigenvalue weighted by Gasteiger charge is 2.39. The molecular formula is C24H34N2O5S. The fourth-order valence-electron chi connectivity index (χ4n) is 3.81. The van der Waals surface area contributed by atoms with Gasteiger partial charge >= 0.3 is 0 Å². The van der Waals surface area contributed by atoms with Crippen molar-refractivity contribution in [2.75, 3.05) is 26.7 Å². The van der Waals surface area contributed by atoms with Crippen LogP contribution in [-0.4, -0.2) is 67.5 Å². The number of sulfonamides is 1. The van der Waals surface area contributed by atoms with Gasteiger partial charge in [-0.3, -0.25) is 4.79 Å². The maximum atomic E-state index is 13.5. The third kappa shape index (κ3) is 5.45. The number of fused-ring (bicyclic) bond motifs is 1. The van der Waals surface area contributed by atoms with E-state index in [1.54, 1.807) is 31.0 Å². The first-order valence-electron chi connectivity index (χ1n) is 11.4. The van der Waals surface area contributed by atoms with Crippen LogP contribution in [0.2, 0.25) is 0 Å². The van der Waals surface area contributed by atoms with Crippen LogP contribution in [0, 0.1) is 23.7 Å². The molecule has 8 heteroatoms. The van der Waals surface area contributed by atoms with E-state index in [2.05, 4.69) is 11.8 Å². The molecule has 7 nitrogen and oxygen atoms in total. The Bertz CT molecular complexity index is 993. The quantitative estimate of drug-likeness (QED) is 0.657. The number of aliphatic hydroxyl groups excluding tert-OH is 1. The van der Waals surface area contributed by atoms with E-state index in [0.29, 0.717) is 12.1 Å². The molecule has 0 unspecified atom stereocenters. The first-order valence-corrected chi connectivity index (χ1v) is 12.8. The number of hydrogen-bond donors (Lipinski definition) is 1. The molecule has 1 aliphatic carbocycles. The molecule has 0 spiro atoms. The number of likely N-dealkylation sites (N-methyl/N-ethyl adjacent to an activating group) is 1. The van der Waals surface area contributed by atoms with E-state index in [0.717, 1.165) is 25.7 Å². The van der Waals surface area contributed by atoms with Gasteiger partial charge in [0.25, 0.3) is 0 Å². The van der Waals surface area contributed by atoms with Crippen LogP contribution in [0.5, 0.6) is 5.75 Å². The summed E-state index contributed by atoms with van der Waals surface area (Å²) in [6.45, 7) is 5.93. The second-order valence-corrected chi connectivity index (χ2v) is 10.8. The topological polar surface area (TPSA) is 87.2 Å². The Hall–Kier alpha value is -2.08. The average Bonchev–Trinajstić information content (AvgIpc) is 3.60. The highest BCUT2D eigenvalue weighted by atomic mass is 32.2. The average molecular weight is 463 g/mol.